The van der Waals surface area contributed by atoms with Gasteiger partial charge in [-0.3, -0.25) is 0 Å². The summed E-state index contributed by atoms with van der Waals surface area (Å²) < 4.78 is 5.06. The number of benzene rings is 1. The number of phenolic OH excluding ortho intramolecular Hbond substituents is 1. The summed E-state index contributed by atoms with van der Waals surface area (Å²) in [6.45, 7) is 4.90. The van der Waals surface area contributed by atoms with Crippen molar-refractivity contribution in [2.75, 3.05) is 26.8 Å². The van der Waals surface area contributed by atoms with Crippen LogP contribution in [0.5, 0.6) is 5.75 Å². The van der Waals surface area contributed by atoms with Crippen molar-refractivity contribution >= 4 is 0 Å². The van der Waals surface area contributed by atoms with Crippen molar-refractivity contribution in [1.82, 2.24) is 5.32 Å². The molecule has 1 aromatic rings. The van der Waals surface area contributed by atoms with Crippen molar-refractivity contribution in [3.8, 4) is 5.75 Å². The molecule has 3 nitrogen and oxygen atoms in total. The summed E-state index contributed by atoms with van der Waals surface area (Å²) in [6.07, 6.45) is 0.986. The molecule has 1 aromatic carbocycles. The Labute approximate surface area is 97.4 Å². The molecule has 1 unspecified atom stereocenters. The highest BCUT2D eigenvalue weighted by Gasteiger charge is 2.00. The minimum Gasteiger partial charge on any atom is -0.508 e. The molecule has 0 amide bonds. The molecule has 0 radical (unpaired) electrons. The SMILES string of the molecule is COCC(C)CNCCc1ccc(O)cc1. The zero-order chi connectivity index (χ0) is 11.8. The molecule has 0 fully saturated rings. The lowest BCUT2D eigenvalue weighted by molar-refractivity contribution is 0.158. The van der Waals surface area contributed by atoms with Crippen LogP contribution in [0.2, 0.25) is 0 Å². The first-order chi connectivity index (χ1) is 7.72. The molecule has 1 atom stereocenters. The van der Waals surface area contributed by atoms with E-state index < -0.39 is 0 Å². The fraction of sp³-hybridized carbons (Fsp3) is 0.538. The van der Waals surface area contributed by atoms with E-state index in [0.717, 1.165) is 26.1 Å². The van der Waals surface area contributed by atoms with Gasteiger partial charge in [-0.05, 0) is 43.1 Å². The van der Waals surface area contributed by atoms with Gasteiger partial charge in [0.2, 0.25) is 0 Å². The third-order valence-corrected chi connectivity index (χ3v) is 2.47. The minimum absolute atomic E-state index is 0.324. The second kappa shape index (κ2) is 7.25. The van der Waals surface area contributed by atoms with Crippen LogP contribution >= 0.6 is 0 Å². The maximum absolute atomic E-state index is 9.13. The average molecular weight is 223 g/mol. The summed E-state index contributed by atoms with van der Waals surface area (Å²) in [6, 6.07) is 7.36. The molecule has 0 saturated heterocycles. The summed E-state index contributed by atoms with van der Waals surface area (Å²) in [5, 5.41) is 12.5. The lowest BCUT2D eigenvalue weighted by Crippen LogP contribution is -2.25. The maximum Gasteiger partial charge on any atom is 0.115 e. The van der Waals surface area contributed by atoms with E-state index in [4.69, 9.17) is 9.84 Å². The van der Waals surface area contributed by atoms with Gasteiger partial charge in [0.05, 0.1) is 0 Å². The van der Waals surface area contributed by atoms with Crippen LogP contribution in [0.25, 0.3) is 0 Å². The van der Waals surface area contributed by atoms with Crippen molar-refractivity contribution in [2.45, 2.75) is 13.3 Å². The Kier molecular flexibility index (Phi) is 5.90. The number of methoxy groups -OCH3 is 1. The number of hydrogen-bond donors (Lipinski definition) is 2. The number of rotatable bonds is 7. The molecule has 0 heterocycles. The van der Waals surface area contributed by atoms with E-state index in [9.17, 15) is 0 Å². The van der Waals surface area contributed by atoms with Gasteiger partial charge in [0.1, 0.15) is 5.75 Å². The summed E-state index contributed by atoms with van der Waals surface area (Å²) in [5.74, 6) is 0.871. The molecule has 0 aliphatic carbocycles. The first-order valence-electron chi connectivity index (χ1n) is 5.70. The highest BCUT2D eigenvalue weighted by atomic mass is 16.5. The van der Waals surface area contributed by atoms with Crippen LogP contribution in [-0.2, 0) is 11.2 Å². The quantitative estimate of drug-likeness (QED) is 0.693. The molecule has 0 aliphatic heterocycles. The molecule has 1 rings (SSSR count). The maximum atomic E-state index is 9.13. The topological polar surface area (TPSA) is 41.5 Å². The van der Waals surface area contributed by atoms with Gasteiger partial charge in [-0.15, -0.1) is 0 Å². The zero-order valence-corrected chi connectivity index (χ0v) is 10.1. The van der Waals surface area contributed by atoms with E-state index in [1.807, 2.05) is 12.1 Å². The van der Waals surface area contributed by atoms with Crippen molar-refractivity contribution < 1.29 is 9.84 Å². The monoisotopic (exact) mass is 223 g/mol. The van der Waals surface area contributed by atoms with Gasteiger partial charge < -0.3 is 15.2 Å². The predicted molar refractivity (Wildman–Crippen MR) is 65.7 cm³/mol. The smallest absolute Gasteiger partial charge is 0.115 e. The van der Waals surface area contributed by atoms with Gasteiger partial charge in [-0.1, -0.05) is 19.1 Å². The van der Waals surface area contributed by atoms with Crippen LogP contribution in [0.3, 0.4) is 0 Å². The summed E-state index contributed by atoms with van der Waals surface area (Å²) in [7, 11) is 1.73. The van der Waals surface area contributed by atoms with E-state index in [-0.39, 0.29) is 0 Å². The summed E-state index contributed by atoms with van der Waals surface area (Å²) in [4.78, 5) is 0. The molecule has 0 spiro atoms. The average Bonchev–Trinajstić information content (AvgIpc) is 2.27. The molecule has 16 heavy (non-hydrogen) atoms. The van der Waals surface area contributed by atoms with Gasteiger partial charge >= 0.3 is 0 Å². The third kappa shape index (κ3) is 5.14. The van der Waals surface area contributed by atoms with Crippen LogP contribution < -0.4 is 5.32 Å². The second-order valence-electron chi connectivity index (χ2n) is 4.18. The molecular weight excluding hydrogens is 202 g/mol. The minimum atomic E-state index is 0.324. The second-order valence-corrected chi connectivity index (χ2v) is 4.18. The number of aromatic hydroxyl groups is 1. The van der Waals surface area contributed by atoms with Gasteiger partial charge in [0.15, 0.2) is 0 Å². The number of hydrogen-bond acceptors (Lipinski definition) is 3. The Bertz CT molecular complexity index is 284. The van der Waals surface area contributed by atoms with E-state index in [0.29, 0.717) is 11.7 Å². The van der Waals surface area contributed by atoms with Crippen LogP contribution in [0.4, 0.5) is 0 Å². The number of ether oxygens (including phenoxy) is 1. The van der Waals surface area contributed by atoms with E-state index in [1.165, 1.54) is 5.56 Å². The highest BCUT2D eigenvalue weighted by molar-refractivity contribution is 5.25. The molecule has 0 aliphatic rings. The normalized spacial score (nSPS) is 12.6. The van der Waals surface area contributed by atoms with Crippen LogP contribution in [0, 0.1) is 5.92 Å². The van der Waals surface area contributed by atoms with Crippen LogP contribution in [0.15, 0.2) is 24.3 Å². The van der Waals surface area contributed by atoms with Crippen molar-refractivity contribution in [3.63, 3.8) is 0 Å². The fourth-order valence-electron chi connectivity index (χ4n) is 1.59. The van der Waals surface area contributed by atoms with Gasteiger partial charge in [-0.2, -0.15) is 0 Å². The molecule has 2 N–H and O–H groups in total. The van der Waals surface area contributed by atoms with E-state index in [1.54, 1.807) is 19.2 Å². The molecule has 90 valence electrons. The van der Waals surface area contributed by atoms with E-state index >= 15 is 0 Å². The van der Waals surface area contributed by atoms with Crippen LogP contribution in [-0.4, -0.2) is 31.9 Å². The molecule has 3 heteroatoms. The summed E-state index contributed by atoms with van der Waals surface area (Å²) >= 11 is 0. The highest BCUT2D eigenvalue weighted by Crippen LogP contribution is 2.09. The predicted octanol–water partition coefficient (Wildman–Crippen LogP) is 1.81. The van der Waals surface area contributed by atoms with Crippen molar-refractivity contribution in [1.29, 1.82) is 0 Å². The third-order valence-electron chi connectivity index (χ3n) is 2.47. The Morgan fingerprint density at radius 3 is 2.62 bits per heavy atom. The number of nitrogens with one attached hydrogen (secondary N) is 1. The Morgan fingerprint density at radius 2 is 2.00 bits per heavy atom. The Morgan fingerprint density at radius 1 is 1.31 bits per heavy atom. The van der Waals surface area contributed by atoms with Gasteiger partial charge in [-0.25, -0.2) is 0 Å². The van der Waals surface area contributed by atoms with E-state index in [2.05, 4.69) is 12.2 Å². The standard InChI is InChI=1S/C13H21NO2/c1-11(10-16-2)9-14-8-7-12-3-5-13(15)6-4-12/h3-6,11,14-15H,7-10H2,1-2H3. The molecular formula is C13H21NO2. The largest absolute Gasteiger partial charge is 0.508 e. The van der Waals surface area contributed by atoms with Crippen molar-refractivity contribution in [2.24, 2.45) is 5.92 Å². The van der Waals surface area contributed by atoms with Gasteiger partial charge in [0, 0.05) is 13.7 Å². The van der Waals surface area contributed by atoms with Crippen LogP contribution in [0.1, 0.15) is 12.5 Å². The Balaban J connectivity index is 2.13. The molecule has 0 saturated carbocycles. The zero-order valence-electron chi connectivity index (χ0n) is 10.1. The van der Waals surface area contributed by atoms with Crippen molar-refractivity contribution in [3.05, 3.63) is 29.8 Å². The molecule has 0 aromatic heterocycles. The lowest BCUT2D eigenvalue weighted by atomic mass is 10.1. The fourth-order valence-corrected chi connectivity index (χ4v) is 1.59. The first kappa shape index (κ1) is 13.0. The van der Waals surface area contributed by atoms with Gasteiger partial charge in [0.25, 0.3) is 0 Å². The molecule has 0 bridgehead atoms. The first-order valence-corrected chi connectivity index (χ1v) is 5.70. The summed E-state index contributed by atoms with van der Waals surface area (Å²) in [5.41, 5.74) is 1.24. The Hall–Kier alpha value is -1.06. The lowest BCUT2D eigenvalue weighted by Gasteiger charge is -2.11. The number of phenols is 1.